The number of halogens is 2. The van der Waals surface area contributed by atoms with Crippen molar-refractivity contribution in [1.29, 1.82) is 0 Å². The van der Waals surface area contributed by atoms with Crippen LogP contribution in [-0.4, -0.2) is 18.5 Å². The number of rotatable bonds is 2. The fourth-order valence-electron chi connectivity index (χ4n) is 2.05. The molecule has 19 heavy (non-hydrogen) atoms. The van der Waals surface area contributed by atoms with Crippen LogP contribution in [-0.2, 0) is 4.79 Å². The highest BCUT2D eigenvalue weighted by Crippen LogP contribution is 2.27. The molecule has 1 aliphatic rings. The summed E-state index contributed by atoms with van der Waals surface area (Å²) in [6.45, 7) is 2.50. The van der Waals surface area contributed by atoms with Crippen molar-refractivity contribution in [1.82, 2.24) is 5.32 Å². The molecule has 0 saturated carbocycles. The van der Waals surface area contributed by atoms with Crippen molar-refractivity contribution in [2.75, 3.05) is 11.4 Å². The quantitative estimate of drug-likeness (QED) is 0.909. The lowest BCUT2D eigenvalue weighted by atomic mass is 10.0. The van der Waals surface area contributed by atoms with E-state index in [0.717, 1.165) is 11.3 Å². The van der Waals surface area contributed by atoms with E-state index in [1.54, 1.807) is 18.2 Å². The highest BCUT2D eigenvalue weighted by molar-refractivity contribution is 6.35. The molecule has 0 aromatic heterocycles. The van der Waals surface area contributed by atoms with Gasteiger partial charge in [0, 0.05) is 23.0 Å². The highest BCUT2D eigenvalue weighted by atomic mass is 35.5. The summed E-state index contributed by atoms with van der Waals surface area (Å²) in [7, 11) is 0. The summed E-state index contributed by atoms with van der Waals surface area (Å²) >= 11 is 11.8. The lowest BCUT2D eigenvalue weighted by Gasteiger charge is -2.19. The zero-order chi connectivity index (χ0) is 14.0. The van der Waals surface area contributed by atoms with E-state index in [0.29, 0.717) is 28.7 Å². The highest BCUT2D eigenvalue weighted by Gasteiger charge is 2.29. The van der Waals surface area contributed by atoms with E-state index in [1.807, 2.05) is 6.92 Å². The molecule has 1 aromatic carbocycles. The lowest BCUT2D eigenvalue weighted by Crippen LogP contribution is -2.41. The maximum Gasteiger partial charge on any atom is 0.328 e. The van der Waals surface area contributed by atoms with Gasteiger partial charge in [-0.2, -0.15) is 0 Å². The Morgan fingerprint density at radius 2 is 1.89 bits per heavy atom. The number of nitrogens with zero attached hydrogens (tertiary/aromatic N) is 1. The van der Waals surface area contributed by atoms with Gasteiger partial charge < -0.3 is 5.32 Å². The van der Waals surface area contributed by atoms with E-state index in [9.17, 15) is 9.59 Å². The molecule has 1 N–H and O–H groups in total. The van der Waals surface area contributed by atoms with Crippen LogP contribution in [0.25, 0.3) is 0 Å². The van der Waals surface area contributed by atoms with E-state index in [4.69, 9.17) is 23.2 Å². The van der Waals surface area contributed by atoms with Crippen LogP contribution >= 0.6 is 23.2 Å². The van der Waals surface area contributed by atoms with Crippen LogP contribution in [0.2, 0.25) is 10.0 Å². The number of urea groups is 1. The fraction of sp³-hybridized carbons (Fsp3) is 0.385. The van der Waals surface area contributed by atoms with Crippen molar-refractivity contribution in [2.45, 2.75) is 19.8 Å². The third-order valence-corrected chi connectivity index (χ3v) is 3.58. The number of carbonyl (C=O) groups is 2. The number of benzene rings is 1. The topological polar surface area (TPSA) is 49.4 Å². The van der Waals surface area contributed by atoms with Crippen LogP contribution in [0.3, 0.4) is 0 Å². The van der Waals surface area contributed by atoms with Gasteiger partial charge in [0.2, 0.25) is 5.91 Å². The maximum atomic E-state index is 12.2. The first-order chi connectivity index (χ1) is 9.01. The summed E-state index contributed by atoms with van der Waals surface area (Å²) < 4.78 is 0. The van der Waals surface area contributed by atoms with Gasteiger partial charge in [-0.3, -0.25) is 4.79 Å². The second kappa shape index (κ2) is 5.80. The minimum atomic E-state index is -0.431. The molecule has 1 aromatic rings. The predicted molar refractivity (Wildman–Crippen MR) is 75.7 cm³/mol. The van der Waals surface area contributed by atoms with Crippen molar-refractivity contribution >= 4 is 40.8 Å². The van der Waals surface area contributed by atoms with E-state index in [-0.39, 0.29) is 11.8 Å². The van der Waals surface area contributed by atoms with Gasteiger partial charge in [0.1, 0.15) is 0 Å². The molecule has 1 heterocycles. The number of nitrogens with one attached hydrogen (secondary N) is 1. The molecular formula is C13H14Cl2N2O2. The predicted octanol–water partition coefficient (Wildman–Crippen LogP) is 3.47. The van der Waals surface area contributed by atoms with Crippen molar-refractivity contribution in [2.24, 2.45) is 5.92 Å². The SMILES string of the molecule is CCC1CNC(=O)N(c2cc(Cl)cc(Cl)c2)C(=O)C1. The number of carbonyl (C=O) groups excluding carboxylic acids is 2. The van der Waals surface area contributed by atoms with Gasteiger partial charge in [0.05, 0.1) is 5.69 Å². The Labute approximate surface area is 121 Å². The van der Waals surface area contributed by atoms with Crippen LogP contribution in [0.4, 0.5) is 10.5 Å². The summed E-state index contributed by atoms with van der Waals surface area (Å²) in [6.07, 6.45) is 1.18. The Hall–Kier alpha value is -1.26. The Balaban J connectivity index is 2.35. The molecule has 1 saturated heterocycles. The number of hydrogen-bond donors (Lipinski definition) is 1. The molecular weight excluding hydrogens is 287 g/mol. The second-order valence-electron chi connectivity index (χ2n) is 4.52. The Morgan fingerprint density at radius 3 is 2.47 bits per heavy atom. The van der Waals surface area contributed by atoms with E-state index >= 15 is 0 Å². The molecule has 1 atom stereocenters. The molecule has 0 aliphatic carbocycles. The van der Waals surface area contributed by atoms with Crippen LogP contribution < -0.4 is 10.2 Å². The normalized spacial score (nSPS) is 20.2. The molecule has 102 valence electrons. The molecule has 0 radical (unpaired) electrons. The van der Waals surface area contributed by atoms with Gasteiger partial charge in [0.15, 0.2) is 0 Å². The first kappa shape index (κ1) is 14.2. The van der Waals surface area contributed by atoms with Crippen LogP contribution in [0.1, 0.15) is 19.8 Å². The first-order valence-electron chi connectivity index (χ1n) is 6.08. The largest absolute Gasteiger partial charge is 0.337 e. The standard InChI is InChI=1S/C13H14Cl2N2O2/c1-2-8-3-12(18)17(13(19)16-7-8)11-5-9(14)4-10(15)6-11/h4-6,8H,2-3,7H2,1H3,(H,16,19). The fourth-order valence-corrected chi connectivity index (χ4v) is 2.57. The number of amides is 3. The molecule has 1 aliphatic heterocycles. The monoisotopic (exact) mass is 300 g/mol. The average Bonchev–Trinajstić information content (AvgIpc) is 2.46. The van der Waals surface area contributed by atoms with Crippen molar-refractivity contribution < 1.29 is 9.59 Å². The van der Waals surface area contributed by atoms with Gasteiger partial charge in [-0.15, -0.1) is 0 Å². The van der Waals surface area contributed by atoms with Crippen molar-refractivity contribution in [3.8, 4) is 0 Å². The summed E-state index contributed by atoms with van der Waals surface area (Å²) in [5.74, 6) is -0.0729. The molecule has 1 fully saturated rings. The molecule has 2 rings (SSSR count). The number of imide groups is 1. The molecule has 4 nitrogen and oxygen atoms in total. The zero-order valence-electron chi connectivity index (χ0n) is 10.5. The molecule has 0 bridgehead atoms. The number of hydrogen-bond acceptors (Lipinski definition) is 2. The van der Waals surface area contributed by atoms with Crippen LogP contribution in [0.5, 0.6) is 0 Å². The van der Waals surface area contributed by atoms with Gasteiger partial charge in [-0.05, 0) is 24.1 Å². The Kier molecular flexibility index (Phi) is 4.32. The molecule has 6 heteroatoms. The smallest absolute Gasteiger partial charge is 0.328 e. The van der Waals surface area contributed by atoms with Crippen LogP contribution in [0.15, 0.2) is 18.2 Å². The summed E-state index contributed by atoms with van der Waals surface area (Å²) in [6, 6.07) is 4.23. The molecule has 3 amide bonds. The summed E-state index contributed by atoms with van der Waals surface area (Å²) in [4.78, 5) is 25.3. The van der Waals surface area contributed by atoms with Crippen molar-refractivity contribution in [3.63, 3.8) is 0 Å². The second-order valence-corrected chi connectivity index (χ2v) is 5.39. The van der Waals surface area contributed by atoms with Crippen molar-refractivity contribution in [3.05, 3.63) is 28.2 Å². The first-order valence-corrected chi connectivity index (χ1v) is 6.83. The maximum absolute atomic E-state index is 12.2. The van der Waals surface area contributed by atoms with Gasteiger partial charge >= 0.3 is 6.03 Å². The third kappa shape index (κ3) is 3.19. The van der Waals surface area contributed by atoms with E-state index in [2.05, 4.69) is 5.32 Å². The van der Waals surface area contributed by atoms with Gasteiger partial charge in [-0.25, -0.2) is 9.69 Å². The third-order valence-electron chi connectivity index (χ3n) is 3.14. The molecule has 0 spiro atoms. The van der Waals surface area contributed by atoms with E-state index in [1.165, 1.54) is 0 Å². The van der Waals surface area contributed by atoms with Gasteiger partial charge in [0.25, 0.3) is 0 Å². The Bertz CT molecular complexity index is 499. The summed E-state index contributed by atoms with van der Waals surface area (Å²) in [5.41, 5.74) is 0.400. The molecule has 1 unspecified atom stereocenters. The summed E-state index contributed by atoms with van der Waals surface area (Å²) in [5, 5.41) is 3.52. The van der Waals surface area contributed by atoms with Crippen LogP contribution in [0, 0.1) is 5.92 Å². The van der Waals surface area contributed by atoms with Gasteiger partial charge in [-0.1, -0.05) is 36.5 Å². The minimum absolute atomic E-state index is 0.163. The lowest BCUT2D eigenvalue weighted by molar-refractivity contribution is -0.118. The average molecular weight is 301 g/mol. The zero-order valence-corrected chi connectivity index (χ0v) is 12.0. The minimum Gasteiger partial charge on any atom is -0.337 e. The van der Waals surface area contributed by atoms with E-state index < -0.39 is 6.03 Å². The Morgan fingerprint density at radius 1 is 1.26 bits per heavy atom. The number of anilines is 1.